The van der Waals surface area contributed by atoms with E-state index in [0.717, 1.165) is 12.0 Å². The molecule has 1 aromatic rings. The third-order valence-electron chi connectivity index (χ3n) is 4.41. The van der Waals surface area contributed by atoms with Gasteiger partial charge in [-0.3, -0.25) is 0 Å². The third kappa shape index (κ3) is 4.99. The van der Waals surface area contributed by atoms with Crippen LogP contribution in [0.3, 0.4) is 0 Å². The fraction of sp³-hybridized carbons (Fsp3) is 0.667. The summed E-state index contributed by atoms with van der Waals surface area (Å²) in [5, 5.41) is 3.90. The Hall–Kier alpha value is -0.820. The molecule has 0 bridgehead atoms. The smallest absolute Gasteiger partial charge is 0.0130 e. The Morgan fingerprint density at radius 3 is 2.58 bits per heavy atom. The van der Waals surface area contributed by atoms with Crippen LogP contribution in [0.15, 0.2) is 30.3 Å². The van der Waals surface area contributed by atoms with Crippen LogP contribution < -0.4 is 5.32 Å². The van der Waals surface area contributed by atoms with Crippen molar-refractivity contribution in [1.82, 2.24) is 5.32 Å². The molecule has 1 saturated carbocycles. The second-order valence-corrected chi connectivity index (χ2v) is 6.98. The Bertz CT molecular complexity index is 369. The number of benzene rings is 1. The molecule has 0 heterocycles. The highest BCUT2D eigenvalue weighted by Crippen LogP contribution is 2.26. The lowest BCUT2D eigenvalue weighted by Crippen LogP contribution is -2.47. The van der Waals surface area contributed by atoms with Gasteiger partial charge < -0.3 is 5.32 Å². The predicted molar refractivity (Wildman–Crippen MR) is 83.4 cm³/mol. The molecule has 1 fully saturated rings. The lowest BCUT2D eigenvalue weighted by Gasteiger charge is -2.36. The molecule has 0 amide bonds. The second-order valence-electron chi connectivity index (χ2n) is 6.98. The van der Waals surface area contributed by atoms with Gasteiger partial charge >= 0.3 is 0 Å². The van der Waals surface area contributed by atoms with E-state index in [4.69, 9.17) is 0 Å². The van der Waals surface area contributed by atoms with Crippen molar-refractivity contribution in [1.29, 1.82) is 0 Å². The summed E-state index contributed by atoms with van der Waals surface area (Å²) < 4.78 is 0. The van der Waals surface area contributed by atoms with E-state index in [1.807, 2.05) is 0 Å². The zero-order valence-electron chi connectivity index (χ0n) is 12.8. The lowest BCUT2D eigenvalue weighted by molar-refractivity contribution is 0.235. The number of nitrogens with one attached hydrogen (secondary N) is 1. The molecule has 1 nitrogen and oxygen atoms in total. The number of hydrogen-bond acceptors (Lipinski definition) is 1. The SMILES string of the molecule is CC1CCCC(NC(C)(C)CCc2ccccc2)C1. The van der Waals surface area contributed by atoms with Crippen molar-refractivity contribution in [2.24, 2.45) is 5.92 Å². The van der Waals surface area contributed by atoms with E-state index in [1.165, 1.54) is 44.1 Å². The van der Waals surface area contributed by atoms with E-state index >= 15 is 0 Å². The van der Waals surface area contributed by atoms with Crippen LogP contribution in [0.2, 0.25) is 0 Å². The van der Waals surface area contributed by atoms with Crippen molar-refractivity contribution < 1.29 is 0 Å². The summed E-state index contributed by atoms with van der Waals surface area (Å²) in [6.07, 6.45) is 7.91. The highest BCUT2D eigenvalue weighted by molar-refractivity contribution is 5.15. The summed E-state index contributed by atoms with van der Waals surface area (Å²) >= 11 is 0. The molecule has 2 atom stereocenters. The molecule has 0 aromatic heterocycles. The van der Waals surface area contributed by atoms with Gasteiger partial charge in [0.05, 0.1) is 0 Å². The maximum absolute atomic E-state index is 3.90. The van der Waals surface area contributed by atoms with Crippen molar-refractivity contribution in [3.63, 3.8) is 0 Å². The first-order valence-corrected chi connectivity index (χ1v) is 7.87. The number of rotatable bonds is 5. The summed E-state index contributed by atoms with van der Waals surface area (Å²) in [6, 6.07) is 11.6. The Balaban J connectivity index is 1.81. The van der Waals surface area contributed by atoms with Gasteiger partial charge in [0.2, 0.25) is 0 Å². The summed E-state index contributed by atoms with van der Waals surface area (Å²) in [7, 11) is 0. The molecule has 1 N–H and O–H groups in total. The van der Waals surface area contributed by atoms with Crippen LogP contribution in [0.1, 0.15) is 58.4 Å². The molecule has 2 unspecified atom stereocenters. The maximum atomic E-state index is 3.90. The van der Waals surface area contributed by atoms with Crippen LogP contribution >= 0.6 is 0 Å². The Labute approximate surface area is 118 Å². The Morgan fingerprint density at radius 2 is 1.89 bits per heavy atom. The molecule has 1 heteroatoms. The first-order chi connectivity index (χ1) is 9.05. The standard InChI is InChI=1S/C18H29N/c1-15-8-7-11-17(14-15)19-18(2,3)13-12-16-9-5-4-6-10-16/h4-6,9-10,15,17,19H,7-8,11-14H2,1-3H3. The van der Waals surface area contributed by atoms with Gasteiger partial charge in [-0.25, -0.2) is 0 Å². The van der Waals surface area contributed by atoms with Gasteiger partial charge in [-0.15, -0.1) is 0 Å². The van der Waals surface area contributed by atoms with Gasteiger partial charge in [0, 0.05) is 11.6 Å². The van der Waals surface area contributed by atoms with E-state index in [2.05, 4.69) is 56.4 Å². The van der Waals surface area contributed by atoms with Crippen molar-refractivity contribution in [2.45, 2.75) is 70.9 Å². The van der Waals surface area contributed by atoms with Crippen molar-refractivity contribution in [3.05, 3.63) is 35.9 Å². The first kappa shape index (κ1) is 14.6. The van der Waals surface area contributed by atoms with Gasteiger partial charge in [0.25, 0.3) is 0 Å². The monoisotopic (exact) mass is 259 g/mol. The Morgan fingerprint density at radius 1 is 1.16 bits per heavy atom. The van der Waals surface area contributed by atoms with Crippen LogP contribution in [-0.2, 0) is 6.42 Å². The molecule has 1 aliphatic carbocycles. The molecule has 1 aromatic carbocycles. The quantitative estimate of drug-likeness (QED) is 0.817. The third-order valence-corrected chi connectivity index (χ3v) is 4.41. The minimum absolute atomic E-state index is 0.248. The van der Waals surface area contributed by atoms with Crippen LogP contribution in [0.4, 0.5) is 0 Å². The fourth-order valence-corrected chi connectivity index (χ4v) is 3.29. The predicted octanol–water partition coefficient (Wildman–Crippen LogP) is 4.57. The van der Waals surface area contributed by atoms with E-state index in [1.54, 1.807) is 0 Å². The minimum atomic E-state index is 0.248. The van der Waals surface area contributed by atoms with E-state index in [9.17, 15) is 0 Å². The summed E-state index contributed by atoms with van der Waals surface area (Å²) in [4.78, 5) is 0. The first-order valence-electron chi connectivity index (χ1n) is 7.87. The summed E-state index contributed by atoms with van der Waals surface area (Å²) in [5.74, 6) is 0.899. The van der Waals surface area contributed by atoms with Crippen LogP contribution in [0.25, 0.3) is 0 Å². The van der Waals surface area contributed by atoms with Crippen molar-refractivity contribution >= 4 is 0 Å². The number of hydrogen-bond donors (Lipinski definition) is 1. The lowest BCUT2D eigenvalue weighted by atomic mass is 9.85. The number of aryl methyl sites for hydroxylation is 1. The minimum Gasteiger partial charge on any atom is -0.309 e. The van der Waals surface area contributed by atoms with Gasteiger partial charge in [0.1, 0.15) is 0 Å². The molecule has 2 rings (SSSR count). The van der Waals surface area contributed by atoms with E-state index in [-0.39, 0.29) is 5.54 Å². The Kier molecular flexibility index (Phi) is 5.04. The van der Waals surface area contributed by atoms with Gasteiger partial charge in [0.15, 0.2) is 0 Å². The molecule has 19 heavy (non-hydrogen) atoms. The van der Waals surface area contributed by atoms with E-state index in [0.29, 0.717) is 0 Å². The summed E-state index contributed by atoms with van der Waals surface area (Å²) in [6.45, 7) is 7.11. The van der Waals surface area contributed by atoms with Gasteiger partial charge in [-0.05, 0) is 51.0 Å². The van der Waals surface area contributed by atoms with Gasteiger partial charge in [-0.2, -0.15) is 0 Å². The molecule has 0 radical (unpaired) electrons. The molecule has 106 valence electrons. The van der Waals surface area contributed by atoms with Crippen LogP contribution in [0, 0.1) is 5.92 Å². The normalized spacial score (nSPS) is 24.4. The molecule has 0 aliphatic heterocycles. The van der Waals surface area contributed by atoms with Crippen molar-refractivity contribution in [2.75, 3.05) is 0 Å². The molecule has 0 saturated heterocycles. The largest absolute Gasteiger partial charge is 0.309 e. The van der Waals surface area contributed by atoms with Crippen LogP contribution in [-0.4, -0.2) is 11.6 Å². The highest BCUT2D eigenvalue weighted by Gasteiger charge is 2.25. The van der Waals surface area contributed by atoms with Gasteiger partial charge in [-0.1, -0.05) is 50.1 Å². The zero-order chi connectivity index (χ0) is 13.7. The zero-order valence-corrected chi connectivity index (χ0v) is 12.8. The molecule has 1 aliphatic rings. The second kappa shape index (κ2) is 6.56. The topological polar surface area (TPSA) is 12.0 Å². The molecular weight excluding hydrogens is 230 g/mol. The van der Waals surface area contributed by atoms with Crippen LogP contribution in [0.5, 0.6) is 0 Å². The summed E-state index contributed by atoms with van der Waals surface area (Å²) in [5.41, 5.74) is 1.70. The molecular formula is C18H29N. The van der Waals surface area contributed by atoms with E-state index < -0.39 is 0 Å². The molecule has 0 spiro atoms. The fourth-order valence-electron chi connectivity index (χ4n) is 3.29. The van der Waals surface area contributed by atoms with Crippen molar-refractivity contribution in [3.8, 4) is 0 Å². The average molecular weight is 259 g/mol. The average Bonchev–Trinajstić information content (AvgIpc) is 2.37. The maximum Gasteiger partial charge on any atom is 0.0130 e. The highest BCUT2D eigenvalue weighted by atomic mass is 15.0.